The lowest BCUT2D eigenvalue weighted by atomic mass is 9.96. The number of piperidine rings is 1. The van der Waals surface area contributed by atoms with Gasteiger partial charge < -0.3 is 9.84 Å². The standard InChI is InChI=1S/C25H31F2N3O4S/c1-17-24(23(34-29-17)11-9-18-8-10-20(26)16-22(18)27)35(32,33)30-14-12-19(13-15-30)25(31)28-21-6-4-2-3-5-7-21/h8-11,16,19,21H,2-7,12-15H2,1H3,(H,28,31)/b11-9+. The molecule has 1 aliphatic carbocycles. The second-order valence-corrected chi connectivity index (χ2v) is 11.2. The van der Waals surface area contributed by atoms with Crippen LogP contribution in [0.1, 0.15) is 68.4 Å². The number of aromatic nitrogens is 1. The van der Waals surface area contributed by atoms with Crippen LogP contribution in [0, 0.1) is 24.5 Å². The van der Waals surface area contributed by atoms with E-state index in [9.17, 15) is 22.0 Å². The summed E-state index contributed by atoms with van der Waals surface area (Å²) < 4.78 is 60.5. The van der Waals surface area contributed by atoms with E-state index < -0.39 is 21.7 Å². The molecule has 2 aromatic rings. The van der Waals surface area contributed by atoms with E-state index in [1.54, 1.807) is 0 Å². The quantitative estimate of drug-likeness (QED) is 0.574. The Morgan fingerprint density at radius 2 is 1.77 bits per heavy atom. The average molecular weight is 508 g/mol. The van der Waals surface area contributed by atoms with Crippen molar-refractivity contribution in [2.75, 3.05) is 13.1 Å². The summed E-state index contributed by atoms with van der Waals surface area (Å²) in [5, 5.41) is 6.97. The summed E-state index contributed by atoms with van der Waals surface area (Å²) in [6.07, 6.45) is 10.2. The van der Waals surface area contributed by atoms with Gasteiger partial charge in [-0.1, -0.05) is 30.8 Å². The Balaban J connectivity index is 1.43. The number of nitrogens with one attached hydrogen (secondary N) is 1. The van der Waals surface area contributed by atoms with Crippen LogP contribution < -0.4 is 5.32 Å². The van der Waals surface area contributed by atoms with Crippen molar-refractivity contribution in [3.05, 3.63) is 46.9 Å². The maximum Gasteiger partial charge on any atom is 0.248 e. The summed E-state index contributed by atoms with van der Waals surface area (Å²) in [4.78, 5) is 12.7. The van der Waals surface area contributed by atoms with Crippen LogP contribution in [-0.2, 0) is 14.8 Å². The van der Waals surface area contributed by atoms with Crippen molar-refractivity contribution < 1.29 is 26.5 Å². The first-order valence-electron chi connectivity index (χ1n) is 12.2. The fourth-order valence-electron chi connectivity index (χ4n) is 4.83. The first-order chi connectivity index (χ1) is 16.8. The highest BCUT2D eigenvalue weighted by Gasteiger charge is 2.36. The zero-order valence-electron chi connectivity index (χ0n) is 19.8. The lowest BCUT2D eigenvalue weighted by molar-refractivity contribution is -0.126. The van der Waals surface area contributed by atoms with Crippen molar-refractivity contribution in [3.63, 3.8) is 0 Å². The Labute approximate surface area is 204 Å². The maximum atomic E-state index is 14.0. The fraction of sp³-hybridized carbons (Fsp3) is 0.520. The molecule has 2 aliphatic rings. The largest absolute Gasteiger partial charge is 0.355 e. The molecule has 10 heteroatoms. The van der Waals surface area contributed by atoms with Crippen LogP contribution in [0.3, 0.4) is 0 Å². The first-order valence-corrected chi connectivity index (χ1v) is 13.6. The summed E-state index contributed by atoms with van der Waals surface area (Å²) >= 11 is 0. The van der Waals surface area contributed by atoms with Gasteiger partial charge >= 0.3 is 0 Å². The molecule has 0 unspecified atom stereocenters. The molecule has 35 heavy (non-hydrogen) atoms. The van der Waals surface area contributed by atoms with Crippen LogP contribution in [0.15, 0.2) is 27.6 Å². The predicted molar refractivity (Wildman–Crippen MR) is 128 cm³/mol. The van der Waals surface area contributed by atoms with Gasteiger partial charge in [-0.15, -0.1) is 0 Å². The SMILES string of the molecule is Cc1noc(/C=C/c2ccc(F)cc2F)c1S(=O)(=O)N1CCC(C(=O)NC2CCCCCC2)CC1. The number of carbonyl (C=O) groups is 1. The molecule has 1 saturated heterocycles. The Bertz CT molecular complexity index is 1180. The number of rotatable bonds is 6. The number of sulfonamides is 1. The molecule has 4 rings (SSSR count). The van der Waals surface area contributed by atoms with Gasteiger partial charge in [-0.05, 0) is 56.9 Å². The molecule has 2 heterocycles. The first kappa shape index (κ1) is 25.5. The third-order valence-electron chi connectivity index (χ3n) is 6.83. The van der Waals surface area contributed by atoms with Gasteiger partial charge in [0, 0.05) is 36.7 Å². The van der Waals surface area contributed by atoms with Crippen LogP contribution in [0.4, 0.5) is 8.78 Å². The van der Waals surface area contributed by atoms with Gasteiger partial charge in [0.25, 0.3) is 0 Å². The molecule has 0 radical (unpaired) electrons. The molecule has 0 bridgehead atoms. The zero-order valence-corrected chi connectivity index (χ0v) is 20.6. The van der Waals surface area contributed by atoms with E-state index in [0.717, 1.165) is 37.8 Å². The van der Waals surface area contributed by atoms with Crippen LogP contribution in [-0.4, -0.2) is 42.9 Å². The number of hydrogen-bond acceptors (Lipinski definition) is 5. The Morgan fingerprint density at radius 3 is 2.43 bits per heavy atom. The van der Waals surface area contributed by atoms with Crippen molar-refractivity contribution >= 4 is 28.1 Å². The molecule has 1 saturated carbocycles. The minimum absolute atomic E-state index is 0.0139. The van der Waals surface area contributed by atoms with Gasteiger partial charge in [-0.25, -0.2) is 17.2 Å². The lowest BCUT2D eigenvalue weighted by Crippen LogP contribution is -2.45. The molecule has 0 spiro atoms. The third-order valence-corrected chi connectivity index (χ3v) is 8.89. The molecule has 1 amide bonds. The highest BCUT2D eigenvalue weighted by Crippen LogP contribution is 2.30. The molecule has 1 aromatic carbocycles. The lowest BCUT2D eigenvalue weighted by Gasteiger charge is -2.31. The third kappa shape index (κ3) is 5.98. The number of aryl methyl sites for hydroxylation is 1. The number of nitrogens with zero attached hydrogens (tertiary/aromatic N) is 2. The van der Waals surface area contributed by atoms with Gasteiger partial charge in [-0.3, -0.25) is 4.79 Å². The van der Waals surface area contributed by atoms with E-state index in [1.165, 1.54) is 42.3 Å². The van der Waals surface area contributed by atoms with Gasteiger partial charge in [0.05, 0.1) is 0 Å². The van der Waals surface area contributed by atoms with E-state index in [1.807, 2.05) is 0 Å². The van der Waals surface area contributed by atoms with Crippen LogP contribution in [0.5, 0.6) is 0 Å². The second kappa shape index (κ2) is 11.0. The fourth-order valence-corrected chi connectivity index (χ4v) is 6.55. The summed E-state index contributed by atoms with van der Waals surface area (Å²) in [5.41, 5.74) is 0.279. The van der Waals surface area contributed by atoms with Crippen LogP contribution in [0.2, 0.25) is 0 Å². The molecule has 1 aliphatic heterocycles. The van der Waals surface area contributed by atoms with E-state index in [0.29, 0.717) is 12.8 Å². The second-order valence-electron chi connectivity index (χ2n) is 9.34. The highest BCUT2D eigenvalue weighted by molar-refractivity contribution is 7.89. The van der Waals surface area contributed by atoms with Gasteiger partial charge in [0.2, 0.25) is 15.9 Å². The summed E-state index contributed by atoms with van der Waals surface area (Å²) in [6, 6.07) is 3.33. The van der Waals surface area contributed by atoms with E-state index >= 15 is 0 Å². The Morgan fingerprint density at radius 1 is 1.09 bits per heavy atom. The van der Waals surface area contributed by atoms with Crippen LogP contribution >= 0.6 is 0 Å². The topological polar surface area (TPSA) is 92.5 Å². The van der Waals surface area contributed by atoms with E-state index in [-0.39, 0.29) is 52.9 Å². The molecule has 7 nitrogen and oxygen atoms in total. The van der Waals surface area contributed by atoms with Gasteiger partial charge in [0.15, 0.2) is 10.7 Å². The Hall–Kier alpha value is -2.59. The highest BCUT2D eigenvalue weighted by atomic mass is 32.2. The van der Waals surface area contributed by atoms with Crippen molar-refractivity contribution in [3.8, 4) is 0 Å². The minimum Gasteiger partial charge on any atom is -0.355 e. The summed E-state index contributed by atoms with van der Waals surface area (Å²) in [5.74, 6) is -1.70. The molecular weight excluding hydrogens is 476 g/mol. The number of benzene rings is 1. The van der Waals surface area contributed by atoms with Crippen LogP contribution in [0.25, 0.3) is 12.2 Å². The molecule has 2 fully saturated rings. The zero-order chi connectivity index (χ0) is 25.0. The van der Waals surface area contributed by atoms with E-state index in [2.05, 4.69) is 10.5 Å². The predicted octanol–water partition coefficient (Wildman–Crippen LogP) is 4.67. The number of halogens is 2. The van der Waals surface area contributed by atoms with Gasteiger partial charge in [-0.2, -0.15) is 4.31 Å². The Kier molecular flexibility index (Phi) is 8.01. The van der Waals surface area contributed by atoms with Crippen molar-refractivity contribution in [1.29, 1.82) is 0 Å². The normalized spacial score (nSPS) is 19.2. The molecule has 1 N–H and O–H groups in total. The van der Waals surface area contributed by atoms with Crippen molar-refractivity contribution in [1.82, 2.24) is 14.8 Å². The monoisotopic (exact) mass is 507 g/mol. The number of amides is 1. The molecule has 0 atom stereocenters. The molecular formula is C25H31F2N3O4S. The number of carbonyl (C=O) groups excluding carboxylic acids is 1. The maximum absolute atomic E-state index is 14.0. The molecule has 190 valence electrons. The number of hydrogen-bond donors (Lipinski definition) is 1. The summed E-state index contributed by atoms with van der Waals surface area (Å²) in [7, 11) is -3.94. The van der Waals surface area contributed by atoms with Gasteiger partial charge in [0.1, 0.15) is 17.3 Å². The average Bonchev–Trinajstić information content (AvgIpc) is 3.02. The molecule has 1 aromatic heterocycles. The summed E-state index contributed by atoms with van der Waals surface area (Å²) in [6.45, 7) is 1.95. The van der Waals surface area contributed by atoms with E-state index in [4.69, 9.17) is 4.52 Å². The smallest absolute Gasteiger partial charge is 0.248 e. The van der Waals surface area contributed by atoms with Crippen molar-refractivity contribution in [2.45, 2.75) is 69.2 Å². The minimum atomic E-state index is -3.94. The van der Waals surface area contributed by atoms with Crippen molar-refractivity contribution in [2.24, 2.45) is 5.92 Å².